The molecule has 0 saturated heterocycles. The van der Waals surface area contributed by atoms with Crippen LogP contribution in [0, 0.1) is 0 Å². The highest BCUT2D eigenvalue weighted by molar-refractivity contribution is 5.94. The second kappa shape index (κ2) is 14.8. The minimum atomic E-state index is -0.338. The number of amides is 1. The number of unbranched alkanes of at least 4 members (excludes halogenated alkanes) is 9. The van der Waals surface area contributed by atoms with E-state index >= 15 is 0 Å². The Morgan fingerprint density at radius 1 is 0.846 bits per heavy atom. The van der Waals surface area contributed by atoms with Crippen LogP contribution in [-0.2, 0) is 6.42 Å². The highest BCUT2D eigenvalue weighted by Crippen LogP contribution is 2.15. The average molecular weight is 361 g/mol. The lowest BCUT2D eigenvalue weighted by Gasteiger charge is -2.12. The number of carbonyl (C=O) groups is 1. The maximum Gasteiger partial charge on any atom is 0.248 e. The van der Waals surface area contributed by atoms with Crippen molar-refractivity contribution in [3.05, 3.63) is 35.4 Å². The summed E-state index contributed by atoms with van der Waals surface area (Å²) in [6.07, 6.45) is 17.7. The molecule has 26 heavy (non-hydrogen) atoms. The number of nitrogens with two attached hydrogens (primary N) is 2. The van der Waals surface area contributed by atoms with Crippen LogP contribution in [0.1, 0.15) is 106 Å². The molecule has 1 amide bonds. The fraction of sp³-hybridized carbons (Fsp3) is 0.696. The van der Waals surface area contributed by atoms with Gasteiger partial charge in [0.25, 0.3) is 0 Å². The Balaban J connectivity index is 2.01. The standard InChI is InChI=1S/C23H40N2O/c1-2-3-4-5-6-7-8-9-10-11-17-21(24)18-14-16-20-15-12-13-19-22(20)23(25)26/h12-13,15,19,21H,2-11,14,16-18,24H2,1H3,(H2,25,26). The van der Waals surface area contributed by atoms with Crippen molar-refractivity contribution in [1.29, 1.82) is 0 Å². The van der Waals surface area contributed by atoms with Gasteiger partial charge in [0.2, 0.25) is 5.91 Å². The first-order valence-electron chi connectivity index (χ1n) is 10.8. The van der Waals surface area contributed by atoms with Gasteiger partial charge >= 0.3 is 0 Å². The van der Waals surface area contributed by atoms with Crippen LogP contribution in [0.15, 0.2) is 24.3 Å². The number of rotatable bonds is 16. The highest BCUT2D eigenvalue weighted by Gasteiger charge is 2.08. The van der Waals surface area contributed by atoms with Crippen molar-refractivity contribution >= 4 is 5.91 Å². The molecular formula is C23H40N2O. The molecule has 3 heteroatoms. The number of aryl methyl sites for hydroxylation is 1. The molecule has 1 aromatic rings. The van der Waals surface area contributed by atoms with E-state index in [4.69, 9.17) is 11.5 Å². The molecule has 0 aliphatic heterocycles. The van der Waals surface area contributed by atoms with Crippen LogP contribution in [0.25, 0.3) is 0 Å². The van der Waals surface area contributed by atoms with E-state index in [0.29, 0.717) is 5.56 Å². The van der Waals surface area contributed by atoms with Gasteiger partial charge in [0.15, 0.2) is 0 Å². The first-order chi connectivity index (χ1) is 12.6. The Bertz CT molecular complexity index is 487. The van der Waals surface area contributed by atoms with Crippen LogP contribution < -0.4 is 11.5 Å². The monoisotopic (exact) mass is 360 g/mol. The summed E-state index contributed by atoms with van der Waals surface area (Å²) in [4.78, 5) is 11.4. The average Bonchev–Trinajstić information content (AvgIpc) is 2.63. The molecule has 0 spiro atoms. The fourth-order valence-electron chi connectivity index (χ4n) is 3.57. The minimum absolute atomic E-state index is 0.282. The second-order valence-electron chi connectivity index (χ2n) is 7.64. The molecule has 0 radical (unpaired) electrons. The van der Waals surface area contributed by atoms with Crippen LogP contribution in [0.5, 0.6) is 0 Å². The zero-order valence-corrected chi connectivity index (χ0v) is 16.8. The second-order valence-corrected chi connectivity index (χ2v) is 7.64. The maximum atomic E-state index is 11.4. The zero-order valence-electron chi connectivity index (χ0n) is 16.8. The Morgan fingerprint density at radius 2 is 1.38 bits per heavy atom. The molecule has 0 aliphatic rings. The van der Waals surface area contributed by atoms with Crippen LogP contribution >= 0.6 is 0 Å². The van der Waals surface area contributed by atoms with Crippen LogP contribution in [-0.4, -0.2) is 11.9 Å². The summed E-state index contributed by atoms with van der Waals surface area (Å²) in [5.74, 6) is -0.338. The predicted octanol–water partition coefficient (Wildman–Crippen LogP) is 5.75. The molecule has 0 aromatic heterocycles. The lowest BCUT2D eigenvalue weighted by atomic mass is 9.97. The number of hydrogen-bond acceptors (Lipinski definition) is 2. The maximum absolute atomic E-state index is 11.4. The topological polar surface area (TPSA) is 69.1 Å². The number of benzene rings is 1. The summed E-state index contributed by atoms with van der Waals surface area (Å²) < 4.78 is 0. The van der Waals surface area contributed by atoms with Gasteiger partial charge in [-0.25, -0.2) is 0 Å². The fourth-order valence-corrected chi connectivity index (χ4v) is 3.57. The molecule has 1 unspecified atom stereocenters. The summed E-state index contributed by atoms with van der Waals surface area (Å²) in [6.45, 7) is 2.27. The third-order valence-electron chi connectivity index (χ3n) is 5.23. The third-order valence-corrected chi connectivity index (χ3v) is 5.23. The van der Waals surface area contributed by atoms with Gasteiger partial charge in [-0.3, -0.25) is 4.79 Å². The molecule has 3 nitrogen and oxygen atoms in total. The molecule has 1 aromatic carbocycles. The summed E-state index contributed by atoms with van der Waals surface area (Å²) in [7, 11) is 0. The summed E-state index contributed by atoms with van der Waals surface area (Å²) >= 11 is 0. The van der Waals surface area contributed by atoms with Gasteiger partial charge in [-0.1, -0.05) is 89.3 Å². The van der Waals surface area contributed by atoms with E-state index in [-0.39, 0.29) is 11.9 Å². The molecule has 1 atom stereocenters. The molecule has 0 aliphatic carbocycles. The van der Waals surface area contributed by atoms with E-state index in [9.17, 15) is 4.79 Å². The van der Waals surface area contributed by atoms with Gasteiger partial charge in [-0.15, -0.1) is 0 Å². The van der Waals surface area contributed by atoms with Crippen molar-refractivity contribution in [3.63, 3.8) is 0 Å². The van der Waals surface area contributed by atoms with Gasteiger partial charge in [-0.05, 0) is 37.3 Å². The van der Waals surface area contributed by atoms with Crippen molar-refractivity contribution in [2.75, 3.05) is 0 Å². The number of hydrogen-bond donors (Lipinski definition) is 2. The smallest absolute Gasteiger partial charge is 0.248 e. The largest absolute Gasteiger partial charge is 0.366 e. The van der Waals surface area contributed by atoms with Crippen molar-refractivity contribution in [2.45, 2.75) is 103 Å². The predicted molar refractivity (Wildman–Crippen MR) is 112 cm³/mol. The van der Waals surface area contributed by atoms with E-state index in [1.807, 2.05) is 18.2 Å². The van der Waals surface area contributed by atoms with Gasteiger partial charge in [0.05, 0.1) is 0 Å². The Kier molecular flexibility index (Phi) is 12.9. The van der Waals surface area contributed by atoms with E-state index < -0.39 is 0 Å². The van der Waals surface area contributed by atoms with Crippen molar-refractivity contribution in [2.24, 2.45) is 11.5 Å². The number of carbonyl (C=O) groups excluding carboxylic acids is 1. The normalized spacial score (nSPS) is 12.2. The molecule has 0 fully saturated rings. The first-order valence-corrected chi connectivity index (χ1v) is 10.8. The SMILES string of the molecule is CCCCCCCCCCCCC(N)CCCc1ccccc1C(N)=O. The van der Waals surface area contributed by atoms with Crippen molar-refractivity contribution < 1.29 is 4.79 Å². The zero-order chi connectivity index (χ0) is 19.0. The summed E-state index contributed by atoms with van der Waals surface area (Å²) in [5, 5.41) is 0. The quantitative estimate of drug-likeness (QED) is 0.369. The molecule has 0 saturated carbocycles. The molecule has 148 valence electrons. The molecular weight excluding hydrogens is 320 g/mol. The Labute approximate surface area is 160 Å². The molecule has 1 rings (SSSR count). The Hall–Kier alpha value is -1.35. The highest BCUT2D eigenvalue weighted by atomic mass is 16.1. The van der Waals surface area contributed by atoms with E-state index in [1.54, 1.807) is 6.07 Å². The van der Waals surface area contributed by atoms with Gasteiger partial charge in [0.1, 0.15) is 0 Å². The Morgan fingerprint density at radius 3 is 2.00 bits per heavy atom. The van der Waals surface area contributed by atoms with Crippen molar-refractivity contribution in [3.8, 4) is 0 Å². The molecule has 4 N–H and O–H groups in total. The summed E-state index contributed by atoms with van der Waals surface area (Å²) in [5.41, 5.74) is 13.4. The minimum Gasteiger partial charge on any atom is -0.366 e. The van der Waals surface area contributed by atoms with Crippen molar-refractivity contribution in [1.82, 2.24) is 0 Å². The first kappa shape index (κ1) is 22.7. The van der Waals surface area contributed by atoms with Crippen LogP contribution in [0.3, 0.4) is 0 Å². The lowest BCUT2D eigenvalue weighted by molar-refractivity contribution is 0.0999. The summed E-state index contributed by atoms with van der Waals surface area (Å²) in [6, 6.07) is 7.91. The molecule has 0 heterocycles. The lowest BCUT2D eigenvalue weighted by Crippen LogP contribution is -2.20. The van der Waals surface area contributed by atoms with Crippen LogP contribution in [0.2, 0.25) is 0 Å². The molecule has 0 bridgehead atoms. The van der Waals surface area contributed by atoms with E-state index in [2.05, 4.69) is 6.92 Å². The third kappa shape index (κ3) is 10.6. The van der Waals surface area contributed by atoms with Crippen LogP contribution in [0.4, 0.5) is 0 Å². The van der Waals surface area contributed by atoms with Gasteiger partial charge in [-0.2, -0.15) is 0 Å². The van der Waals surface area contributed by atoms with Gasteiger partial charge < -0.3 is 11.5 Å². The number of primary amides is 1. The van der Waals surface area contributed by atoms with Gasteiger partial charge in [0, 0.05) is 11.6 Å². The van der Waals surface area contributed by atoms with E-state index in [1.165, 1.54) is 64.2 Å². The van der Waals surface area contributed by atoms with E-state index in [0.717, 1.165) is 31.2 Å².